The van der Waals surface area contributed by atoms with Gasteiger partial charge in [0, 0.05) is 31.0 Å². The van der Waals surface area contributed by atoms with E-state index in [4.69, 9.17) is 14.7 Å². The van der Waals surface area contributed by atoms with Gasteiger partial charge >= 0.3 is 12.1 Å². The van der Waals surface area contributed by atoms with Crippen LogP contribution in [0.2, 0.25) is 0 Å². The first-order chi connectivity index (χ1) is 9.89. The topological polar surface area (TPSA) is 83.8 Å². The number of aromatic nitrogens is 1. The molecule has 9 heteroatoms. The van der Waals surface area contributed by atoms with Gasteiger partial charge in [0.15, 0.2) is 0 Å². The van der Waals surface area contributed by atoms with Crippen molar-refractivity contribution in [2.75, 3.05) is 13.1 Å². The lowest BCUT2D eigenvalue weighted by atomic mass is 9.96. The fourth-order valence-electron chi connectivity index (χ4n) is 2.01. The number of alkyl halides is 3. The minimum absolute atomic E-state index is 0.227. The highest BCUT2D eigenvalue weighted by Crippen LogP contribution is 2.25. The van der Waals surface area contributed by atoms with Gasteiger partial charge in [-0.05, 0) is 12.1 Å². The molecule has 0 saturated carbocycles. The second-order valence-electron chi connectivity index (χ2n) is 4.43. The van der Waals surface area contributed by atoms with Gasteiger partial charge in [0.25, 0.3) is 0 Å². The highest BCUT2D eigenvalue weighted by Gasteiger charge is 2.39. The third-order valence-electron chi connectivity index (χ3n) is 3.00. The van der Waals surface area contributed by atoms with Crippen LogP contribution in [0.4, 0.5) is 13.2 Å². The first-order valence-electron chi connectivity index (χ1n) is 6.04. The summed E-state index contributed by atoms with van der Waals surface area (Å²) in [6.45, 7) is 1.86. The van der Waals surface area contributed by atoms with Crippen molar-refractivity contribution in [1.29, 1.82) is 0 Å². The van der Waals surface area contributed by atoms with Crippen LogP contribution in [0.15, 0.2) is 29.7 Å². The molecule has 6 nitrogen and oxygen atoms in total. The Balaban J connectivity index is 0.000000199. The van der Waals surface area contributed by atoms with Crippen LogP contribution in [0, 0.1) is 5.92 Å². The number of halogens is 3. The molecule has 2 aliphatic heterocycles. The van der Waals surface area contributed by atoms with Gasteiger partial charge in [-0.15, -0.1) is 0 Å². The maximum atomic E-state index is 10.6. The minimum atomic E-state index is -5.08. The van der Waals surface area contributed by atoms with E-state index < -0.39 is 12.1 Å². The molecule has 3 heterocycles. The molecule has 1 saturated heterocycles. The largest absolute Gasteiger partial charge is 0.490 e. The molecule has 0 radical (unpaired) electrons. The summed E-state index contributed by atoms with van der Waals surface area (Å²) in [5.74, 6) is -2.35. The highest BCUT2D eigenvalue weighted by molar-refractivity contribution is 6.03. The van der Waals surface area contributed by atoms with E-state index in [1.165, 1.54) is 0 Å². The summed E-state index contributed by atoms with van der Waals surface area (Å²) >= 11 is 0. The molecule has 0 aromatic carbocycles. The summed E-state index contributed by atoms with van der Waals surface area (Å²) in [6, 6.07) is 3.95. The van der Waals surface area contributed by atoms with Crippen molar-refractivity contribution in [3.63, 3.8) is 0 Å². The first-order valence-corrected chi connectivity index (χ1v) is 6.04. The van der Waals surface area contributed by atoms with Crippen LogP contribution < -0.4 is 5.32 Å². The summed E-state index contributed by atoms with van der Waals surface area (Å²) in [5.41, 5.74) is 2.11. The molecule has 114 valence electrons. The predicted molar refractivity (Wildman–Crippen MR) is 65.7 cm³/mol. The lowest BCUT2D eigenvalue weighted by molar-refractivity contribution is -0.192. The zero-order valence-electron chi connectivity index (χ0n) is 10.7. The van der Waals surface area contributed by atoms with Crippen LogP contribution >= 0.6 is 0 Å². The Morgan fingerprint density at radius 3 is 2.71 bits per heavy atom. The third-order valence-corrected chi connectivity index (χ3v) is 3.00. The molecule has 0 unspecified atom stereocenters. The van der Waals surface area contributed by atoms with Gasteiger partial charge < -0.3 is 15.3 Å². The van der Waals surface area contributed by atoms with Gasteiger partial charge in [0.2, 0.25) is 0 Å². The van der Waals surface area contributed by atoms with Gasteiger partial charge in [0.05, 0.1) is 11.6 Å². The van der Waals surface area contributed by atoms with Crippen molar-refractivity contribution in [2.45, 2.75) is 12.3 Å². The van der Waals surface area contributed by atoms with E-state index in [-0.39, 0.29) is 6.10 Å². The maximum absolute atomic E-state index is 10.6. The first kappa shape index (κ1) is 15.2. The fraction of sp³-hybridized carbons (Fsp3) is 0.417. The summed E-state index contributed by atoms with van der Waals surface area (Å²) in [4.78, 5) is 18.3. The Hall–Kier alpha value is -2.16. The Bertz CT molecular complexity index is 534. The number of rotatable bonds is 1. The number of hydrogen-bond donors (Lipinski definition) is 2. The van der Waals surface area contributed by atoms with Gasteiger partial charge in [-0.1, -0.05) is 5.16 Å². The van der Waals surface area contributed by atoms with Gasteiger partial charge in [-0.2, -0.15) is 13.2 Å². The smallest absolute Gasteiger partial charge is 0.475 e. The van der Waals surface area contributed by atoms with Crippen molar-refractivity contribution >= 4 is 11.7 Å². The van der Waals surface area contributed by atoms with Gasteiger partial charge in [-0.3, -0.25) is 4.98 Å². The SMILES string of the molecule is O=C(O)C(F)(F)F.c1cncc(C2=NO[C@@H]3CNC[C@H]23)c1. The molecule has 0 bridgehead atoms. The Morgan fingerprint density at radius 2 is 2.14 bits per heavy atom. The quantitative estimate of drug-likeness (QED) is 0.810. The zero-order valence-corrected chi connectivity index (χ0v) is 10.7. The fourth-order valence-corrected chi connectivity index (χ4v) is 2.01. The second kappa shape index (κ2) is 6.08. The summed E-state index contributed by atoms with van der Waals surface area (Å²) in [7, 11) is 0. The van der Waals surface area contributed by atoms with E-state index >= 15 is 0 Å². The number of nitrogens with zero attached hydrogens (tertiary/aromatic N) is 2. The summed E-state index contributed by atoms with van der Waals surface area (Å²) < 4.78 is 31.7. The molecule has 1 aromatic heterocycles. The van der Waals surface area contributed by atoms with E-state index in [0.29, 0.717) is 5.92 Å². The molecule has 1 fully saturated rings. The number of pyridine rings is 1. The van der Waals surface area contributed by atoms with Gasteiger partial charge in [-0.25, -0.2) is 4.79 Å². The van der Waals surface area contributed by atoms with Crippen molar-refractivity contribution in [3.8, 4) is 0 Å². The number of carbonyl (C=O) groups is 1. The average molecular weight is 303 g/mol. The van der Waals surface area contributed by atoms with Crippen molar-refractivity contribution in [2.24, 2.45) is 11.1 Å². The number of fused-ring (bicyclic) bond motifs is 1. The predicted octanol–water partition coefficient (Wildman–Crippen LogP) is 1.04. The lowest BCUT2D eigenvalue weighted by Crippen LogP contribution is -2.21. The van der Waals surface area contributed by atoms with Crippen LogP contribution in [-0.2, 0) is 9.63 Å². The number of oxime groups is 1. The van der Waals surface area contributed by atoms with Crippen LogP contribution in [0.3, 0.4) is 0 Å². The zero-order chi connectivity index (χ0) is 15.5. The standard InChI is InChI=1S/C10H11N3O.C2HF3O2/c1-2-7(4-11-3-1)10-8-5-12-6-9(8)14-13-10;3-2(4,5)1(6)7/h1-4,8-9,12H,5-6H2;(H,6,7)/t8-,9+;/m0./s1. The number of carboxylic acids is 1. The van der Waals surface area contributed by atoms with Crippen LogP contribution in [0.25, 0.3) is 0 Å². The lowest BCUT2D eigenvalue weighted by Gasteiger charge is -2.06. The summed E-state index contributed by atoms with van der Waals surface area (Å²) in [6.07, 6.45) is -1.25. The van der Waals surface area contributed by atoms with Crippen LogP contribution in [0.5, 0.6) is 0 Å². The van der Waals surface area contributed by atoms with E-state index in [1.807, 2.05) is 18.3 Å². The Labute approximate surface area is 117 Å². The van der Waals surface area contributed by atoms with Crippen LogP contribution in [0.1, 0.15) is 5.56 Å². The molecule has 2 N–H and O–H groups in total. The van der Waals surface area contributed by atoms with E-state index in [1.54, 1.807) is 6.20 Å². The Morgan fingerprint density at radius 1 is 1.43 bits per heavy atom. The molecule has 2 aliphatic rings. The number of carboxylic acid groups (broad SMARTS) is 1. The van der Waals surface area contributed by atoms with E-state index in [2.05, 4.69) is 15.5 Å². The Kier molecular flexibility index (Phi) is 4.41. The van der Waals surface area contributed by atoms with Crippen molar-refractivity contribution in [1.82, 2.24) is 10.3 Å². The monoisotopic (exact) mass is 303 g/mol. The number of aliphatic carboxylic acids is 1. The van der Waals surface area contributed by atoms with E-state index in [0.717, 1.165) is 24.4 Å². The van der Waals surface area contributed by atoms with Crippen molar-refractivity contribution in [3.05, 3.63) is 30.1 Å². The second-order valence-corrected chi connectivity index (χ2v) is 4.43. The molecular weight excluding hydrogens is 291 g/mol. The minimum Gasteiger partial charge on any atom is -0.475 e. The molecule has 3 rings (SSSR count). The maximum Gasteiger partial charge on any atom is 0.490 e. The number of hydrogen-bond acceptors (Lipinski definition) is 5. The van der Waals surface area contributed by atoms with Crippen molar-refractivity contribution < 1.29 is 27.9 Å². The number of nitrogens with one attached hydrogen (secondary N) is 1. The molecule has 0 aliphatic carbocycles. The highest BCUT2D eigenvalue weighted by atomic mass is 19.4. The average Bonchev–Trinajstić information content (AvgIpc) is 3.01. The molecule has 1 aromatic rings. The third kappa shape index (κ3) is 3.69. The molecule has 0 amide bonds. The molecular formula is C12H12F3N3O3. The van der Waals surface area contributed by atoms with E-state index in [9.17, 15) is 13.2 Å². The normalized spacial score (nSPS) is 23.5. The molecule has 0 spiro atoms. The molecule has 2 atom stereocenters. The van der Waals surface area contributed by atoms with Crippen LogP contribution in [-0.4, -0.2) is 47.1 Å². The molecule has 21 heavy (non-hydrogen) atoms. The summed E-state index contributed by atoms with van der Waals surface area (Å²) in [5, 5.41) is 14.5. The van der Waals surface area contributed by atoms with Gasteiger partial charge in [0.1, 0.15) is 6.10 Å².